The van der Waals surface area contributed by atoms with Gasteiger partial charge in [0.2, 0.25) is 0 Å². The predicted octanol–water partition coefficient (Wildman–Crippen LogP) is 3.47. The summed E-state index contributed by atoms with van der Waals surface area (Å²) in [4.78, 5) is 6.57. The van der Waals surface area contributed by atoms with Crippen LogP contribution in [-0.4, -0.2) is 51.6 Å². The molecule has 1 aromatic carbocycles. The molecule has 0 heterocycles. The second-order valence-electron chi connectivity index (χ2n) is 6.76. The average molecular weight is 333 g/mol. The quantitative estimate of drug-likeness (QED) is 0.370. The molecule has 1 rings (SSSR count). The normalized spacial score (nSPS) is 13.1. The van der Waals surface area contributed by atoms with E-state index in [2.05, 4.69) is 71.9 Å². The van der Waals surface area contributed by atoms with Crippen LogP contribution >= 0.6 is 0 Å². The number of hydrogen-bond acceptors (Lipinski definition) is 2. The van der Waals surface area contributed by atoms with E-state index < -0.39 is 0 Å². The van der Waals surface area contributed by atoms with Crippen LogP contribution in [0.1, 0.15) is 50.5 Å². The van der Waals surface area contributed by atoms with Crippen LogP contribution in [0.4, 0.5) is 0 Å². The van der Waals surface area contributed by atoms with Crippen molar-refractivity contribution in [3.63, 3.8) is 0 Å². The fourth-order valence-corrected chi connectivity index (χ4v) is 2.66. The van der Waals surface area contributed by atoms with E-state index >= 15 is 0 Å². The summed E-state index contributed by atoms with van der Waals surface area (Å²) < 4.78 is 0. The summed E-state index contributed by atoms with van der Waals surface area (Å²) in [6, 6.07) is 10.6. The van der Waals surface area contributed by atoms with E-state index in [9.17, 15) is 0 Å². The van der Waals surface area contributed by atoms with Gasteiger partial charge in [-0.1, -0.05) is 56.5 Å². The molecule has 0 fully saturated rings. The van der Waals surface area contributed by atoms with Crippen LogP contribution < -0.4 is 10.6 Å². The molecule has 0 saturated heterocycles. The zero-order chi connectivity index (χ0) is 17.6. The van der Waals surface area contributed by atoms with Gasteiger partial charge in [0.1, 0.15) is 0 Å². The van der Waals surface area contributed by atoms with Crippen LogP contribution in [0.3, 0.4) is 0 Å². The zero-order valence-electron chi connectivity index (χ0n) is 16.0. The first kappa shape index (κ1) is 20.5. The van der Waals surface area contributed by atoms with Crippen LogP contribution in [0.5, 0.6) is 0 Å². The molecule has 136 valence electrons. The first-order valence-electron chi connectivity index (χ1n) is 9.27. The van der Waals surface area contributed by atoms with Gasteiger partial charge in [-0.2, -0.15) is 0 Å². The van der Waals surface area contributed by atoms with Gasteiger partial charge >= 0.3 is 0 Å². The molecule has 0 spiro atoms. The van der Waals surface area contributed by atoms with E-state index in [0.717, 1.165) is 19.0 Å². The molecule has 2 N–H and O–H groups in total. The van der Waals surface area contributed by atoms with Gasteiger partial charge in [-0.25, -0.2) is 0 Å². The standard InChI is InChI=1S/C20H36N4/c1-18(19-13-9-8-10-14-19)17-23-20(21-2)22-15-11-6-5-7-12-16-24(3)4/h8-10,13-14,18H,5-7,11-12,15-17H2,1-4H3,(H2,21,22,23). The third-order valence-electron chi connectivity index (χ3n) is 4.24. The van der Waals surface area contributed by atoms with Crippen molar-refractivity contribution in [2.75, 3.05) is 40.8 Å². The van der Waals surface area contributed by atoms with E-state index in [1.165, 1.54) is 44.2 Å². The van der Waals surface area contributed by atoms with Crippen molar-refractivity contribution < 1.29 is 0 Å². The molecular formula is C20H36N4. The van der Waals surface area contributed by atoms with Gasteiger partial charge in [0.15, 0.2) is 5.96 Å². The number of unbranched alkanes of at least 4 members (excludes halogenated alkanes) is 4. The summed E-state index contributed by atoms with van der Waals surface area (Å²) in [5.41, 5.74) is 1.36. The minimum Gasteiger partial charge on any atom is -0.356 e. The number of guanidine groups is 1. The second-order valence-corrected chi connectivity index (χ2v) is 6.76. The van der Waals surface area contributed by atoms with Crippen molar-refractivity contribution in [3.05, 3.63) is 35.9 Å². The minimum absolute atomic E-state index is 0.474. The first-order valence-corrected chi connectivity index (χ1v) is 9.27. The van der Waals surface area contributed by atoms with Gasteiger partial charge in [0.25, 0.3) is 0 Å². The zero-order valence-corrected chi connectivity index (χ0v) is 16.0. The van der Waals surface area contributed by atoms with Crippen LogP contribution in [0.15, 0.2) is 35.3 Å². The van der Waals surface area contributed by atoms with Gasteiger partial charge in [-0.3, -0.25) is 4.99 Å². The van der Waals surface area contributed by atoms with E-state index in [4.69, 9.17) is 0 Å². The second kappa shape index (κ2) is 12.8. The van der Waals surface area contributed by atoms with Crippen molar-refractivity contribution in [2.24, 2.45) is 4.99 Å². The lowest BCUT2D eigenvalue weighted by Crippen LogP contribution is -2.39. The Balaban J connectivity index is 2.08. The molecule has 0 aromatic heterocycles. The fourth-order valence-electron chi connectivity index (χ4n) is 2.66. The Bertz CT molecular complexity index is 442. The van der Waals surface area contributed by atoms with Crippen LogP contribution in [-0.2, 0) is 0 Å². The third-order valence-corrected chi connectivity index (χ3v) is 4.24. The van der Waals surface area contributed by atoms with Crippen LogP contribution in [0, 0.1) is 0 Å². The number of nitrogens with one attached hydrogen (secondary N) is 2. The largest absolute Gasteiger partial charge is 0.356 e. The molecular weight excluding hydrogens is 296 g/mol. The smallest absolute Gasteiger partial charge is 0.190 e. The lowest BCUT2D eigenvalue weighted by Gasteiger charge is -2.16. The molecule has 1 atom stereocenters. The number of nitrogens with zero attached hydrogens (tertiary/aromatic N) is 2. The van der Waals surface area contributed by atoms with Gasteiger partial charge < -0.3 is 15.5 Å². The maximum atomic E-state index is 4.31. The molecule has 24 heavy (non-hydrogen) atoms. The molecule has 1 unspecified atom stereocenters. The Kier molecular flexibility index (Phi) is 10.9. The summed E-state index contributed by atoms with van der Waals surface area (Å²) in [6.07, 6.45) is 6.46. The highest BCUT2D eigenvalue weighted by Crippen LogP contribution is 2.12. The summed E-state index contributed by atoms with van der Waals surface area (Å²) in [7, 11) is 6.12. The van der Waals surface area contributed by atoms with E-state index in [1.807, 2.05) is 7.05 Å². The molecule has 0 aliphatic heterocycles. The first-order chi connectivity index (χ1) is 11.6. The topological polar surface area (TPSA) is 39.7 Å². The summed E-state index contributed by atoms with van der Waals surface area (Å²) in [5, 5.41) is 6.84. The lowest BCUT2D eigenvalue weighted by molar-refractivity contribution is 0.389. The highest BCUT2D eigenvalue weighted by Gasteiger charge is 2.05. The van der Waals surface area contributed by atoms with Crippen molar-refractivity contribution in [1.82, 2.24) is 15.5 Å². The highest BCUT2D eigenvalue weighted by atomic mass is 15.2. The van der Waals surface area contributed by atoms with Crippen LogP contribution in [0.2, 0.25) is 0 Å². The molecule has 0 saturated carbocycles. The number of aliphatic imine (C=N–C) groups is 1. The van der Waals surface area contributed by atoms with Crippen molar-refractivity contribution in [3.8, 4) is 0 Å². The third kappa shape index (κ3) is 9.56. The predicted molar refractivity (Wildman–Crippen MR) is 106 cm³/mol. The summed E-state index contributed by atoms with van der Waals surface area (Å²) in [6.45, 7) is 5.33. The van der Waals surface area contributed by atoms with E-state index in [-0.39, 0.29) is 0 Å². The van der Waals surface area contributed by atoms with E-state index in [0.29, 0.717) is 5.92 Å². The maximum absolute atomic E-state index is 4.31. The molecule has 4 nitrogen and oxygen atoms in total. The van der Waals surface area contributed by atoms with Crippen molar-refractivity contribution in [2.45, 2.75) is 44.9 Å². The Hall–Kier alpha value is -1.55. The minimum atomic E-state index is 0.474. The number of benzene rings is 1. The molecule has 0 bridgehead atoms. The summed E-state index contributed by atoms with van der Waals surface area (Å²) >= 11 is 0. The van der Waals surface area contributed by atoms with Gasteiger partial charge in [-0.05, 0) is 45.0 Å². The number of hydrogen-bond donors (Lipinski definition) is 2. The van der Waals surface area contributed by atoms with Crippen LogP contribution in [0.25, 0.3) is 0 Å². The lowest BCUT2D eigenvalue weighted by atomic mass is 10.0. The molecule has 0 aliphatic rings. The number of rotatable bonds is 11. The molecule has 0 aliphatic carbocycles. The molecule has 0 amide bonds. The maximum Gasteiger partial charge on any atom is 0.190 e. The van der Waals surface area contributed by atoms with Gasteiger partial charge in [0, 0.05) is 20.1 Å². The molecule has 0 radical (unpaired) electrons. The Morgan fingerprint density at radius 2 is 1.67 bits per heavy atom. The van der Waals surface area contributed by atoms with E-state index in [1.54, 1.807) is 0 Å². The summed E-state index contributed by atoms with van der Waals surface area (Å²) in [5.74, 6) is 1.38. The molecule has 1 aromatic rings. The molecule has 4 heteroatoms. The highest BCUT2D eigenvalue weighted by molar-refractivity contribution is 5.79. The van der Waals surface area contributed by atoms with Gasteiger partial charge in [0.05, 0.1) is 0 Å². The Labute approximate surface area is 148 Å². The van der Waals surface area contributed by atoms with Crippen molar-refractivity contribution >= 4 is 5.96 Å². The average Bonchev–Trinajstić information content (AvgIpc) is 2.60. The Morgan fingerprint density at radius 3 is 2.33 bits per heavy atom. The fraction of sp³-hybridized carbons (Fsp3) is 0.650. The monoisotopic (exact) mass is 332 g/mol. The van der Waals surface area contributed by atoms with Gasteiger partial charge in [-0.15, -0.1) is 0 Å². The van der Waals surface area contributed by atoms with Crippen molar-refractivity contribution in [1.29, 1.82) is 0 Å². The Morgan fingerprint density at radius 1 is 1.00 bits per heavy atom. The SMILES string of the molecule is CN=C(NCCCCCCCN(C)C)NCC(C)c1ccccc1.